The van der Waals surface area contributed by atoms with Gasteiger partial charge < -0.3 is 30.3 Å². The van der Waals surface area contributed by atoms with Crippen LogP contribution in [-0.4, -0.2) is 54.0 Å². The molecule has 0 radical (unpaired) electrons. The lowest BCUT2D eigenvalue weighted by Gasteiger charge is -2.17. The van der Waals surface area contributed by atoms with Gasteiger partial charge in [0.05, 0.1) is 24.7 Å². The molecular weight excluding hydrogens is 440 g/mol. The molecule has 0 aliphatic heterocycles. The topological polar surface area (TPSA) is 134 Å². The average molecular weight is 465 g/mol. The van der Waals surface area contributed by atoms with E-state index in [1.165, 1.54) is 7.11 Å². The first-order chi connectivity index (χ1) is 15.3. The first-order valence-electron chi connectivity index (χ1n) is 9.75. The number of rotatable bonds is 11. The SMILES string of the molecule is COc1ccc(C[C@@H](NC(=O)C[C@H](O)CNC(=O)OCc2ccccc2)C(=O)O)cc1Cl. The number of carbonyl (C=O) groups excluding carboxylic acids is 2. The highest BCUT2D eigenvalue weighted by Gasteiger charge is 2.22. The zero-order valence-corrected chi connectivity index (χ0v) is 18.2. The number of methoxy groups -OCH3 is 1. The Bertz CT molecular complexity index is 924. The van der Waals surface area contributed by atoms with E-state index in [0.29, 0.717) is 16.3 Å². The number of halogens is 1. The van der Waals surface area contributed by atoms with E-state index < -0.39 is 36.5 Å². The van der Waals surface area contributed by atoms with Crippen LogP contribution in [-0.2, 0) is 27.4 Å². The van der Waals surface area contributed by atoms with Gasteiger partial charge in [-0.1, -0.05) is 48.0 Å². The predicted octanol–water partition coefficient (Wildman–Crippen LogP) is 2.14. The molecule has 0 spiro atoms. The molecule has 0 aliphatic rings. The Hall–Kier alpha value is -3.30. The van der Waals surface area contributed by atoms with Gasteiger partial charge in [-0.25, -0.2) is 9.59 Å². The summed E-state index contributed by atoms with van der Waals surface area (Å²) in [7, 11) is 1.46. The van der Waals surface area contributed by atoms with E-state index in [1.807, 2.05) is 18.2 Å². The normalized spacial score (nSPS) is 12.3. The Kier molecular flexibility index (Phi) is 9.77. The van der Waals surface area contributed by atoms with Gasteiger partial charge in [0, 0.05) is 13.0 Å². The number of hydrogen-bond donors (Lipinski definition) is 4. The number of aliphatic carboxylic acids is 1. The number of carbonyl (C=O) groups is 3. The van der Waals surface area contributed by atoms with Gasteiger partial charge in [-0.15, -0.1) is 0 Å². The summed E-state index contributed by atoms with van der Waals surface area (Å²) in [5.41, 5.74) is 1.40. The van der Waals surface area contributed by atoms with E-state index in [0.717, 1.165) is 5.56 Å². The molecular formula is C22H25ClN2O7. The third-order valence-corrected chi connectivity index (χ3v) is 4.70. The molecule has 2 rings (SSSR count). The van der Waals surface area contributed by atoms with Gasteiger partial charge in [0.2, 0.25) is 5.91 Å². The summed E-state index contributed by atoms with van der Waals surface area (Å²) in [4.78, 5) is 35.4. The van der Waals surface area contributed by atoms with Crippen LogP contribution in [0.3, 0.4) is 0 Å². The molecule has 2 atom stereocenters. The third-order valence-electron chi connectivity index (χ3n) is 4.41. The molecule has 2 aromatic carbocycles. The van der Waals surface area contributed by atoms with E-state index in [9.17, 15) is 24.6 Å². The van der Waals surface area contributed by atoms with Crippen LogP contribution < -0.4 is 15.4 Å². The minimum absolute atomic E-state index is 0.00898. The molecule has 10 heteroatoms. The maximum absolute atomic E-state index is 12.2. The molecule has 9 nitrogen and oxygen atoms in total. The molecule has 172 valence electrons. The summed E-state index contributed by atoms with van der Waals surface area (Å²) in [6.45, 7) is -0.161. The van der Waals surface area contributed by atoms with Crippen molar-refractivity contribution in [2.75, 3.05) is 13.7 Å². The summed E-state index contributed by atoms with van der Waals surface area (Å²) in [5.74, 6) is -1.46. The Morgan fingerprint density at radius 2 is 1.81 bits per heavy atom. The first-order valence-corrected chi connectivity index (χ1v) is 10.1. The highest BCUT2D eigenvalue weighted by molar-refractivity contribution is 6.32. The molecule has 0 aromatic heterocycles. The maximum Gasteiger partial charge on any atom is 0.407 e. The number of ether oxygens (including phenoxy) is 2. The lowest BCUT2D eigenvalue weighted by Crippen LogP contribution is -2.44. The fourth-order valence-electron chi connectivity index (χ4n) is 2.79. The van der Waals surface area contributed by atoms with Crippen molar-refractivity contribution in [3.05, 3.63) is 64.7 Å². The lowest BCUT2D eigenvalue weighted by molar-refractivity contribution is -0.142. The van der Waals surface area contributed by atoms with Gasteiger partial charge in [0.25, 0.3) is 0 Å². The monoisotopic (exact) mass is 464 g/mol. The molecule has 0 heterocycles. The third kappa shape index (κ3) is 8.44. The number of aliphatic hydroxyl groups excluding tert-OH is 1. The second kappa shape index (κ2) is 12.5. The maximum atomic E-state index is 12.2. The van der Waals surface area contributed by atoms with E-state index in [1.54, 1.807) is 30.3 Å². The molecule has 0 aliphatic carbocycles. The van der Waals surface area contributed by atoms with E-state index in [4.69, 9.17) is 21.1 Å². The zero-order chi connectivity index (χ0) is 23.5. The van der Waals surface area contributed by atoms with Crippen LogP contribution in [0.4, 0.5) is 4.79 Å². The van der Waals surface area contributed by atoms with Crippen molar-refractivity contribution < 1.29 is 34.1 Å². The number of hydrogen-bond acceptors (Lipinski definition) is 6. The van der Waals surface area contributed by atoms with Gasteiger partial charge >= 0.3 is 12.1 Å². The Morgan fingerprint density at radius 1 is 1.09 bits per heavy atom. The van der Waals surface area contributed by atoms with Crippen LogP contribution in [0.1, 0.15) is 17.5 Å². The quantitative estimate of drug-likeness (QED) is 0.400. The molecule has 0 saturated carbocycles. The number of carboxylic acids is 1. The van der Waals surface area contributed by atoms with Crippen LogP contribution in [0, 0.1) is 0 Å². The summed E-state index contributed by atoms with van der Waals surface area (Å²) in [5, 5.41) is 24.4. The summed E-state index contributed by atoms with van der Waals surface area (Å²) < 4.78 is 10.1. The Labute approximate surface area is 190 Å². The van der Waals surface area contributed by atoms with Gasteiger partial charge in [0.15, 0.2) is 0 Å². The van der Waals surface area contributed by atoms with Crippen molar-refractivity contribution in [3.63, 3.8) is 0 Å². The van der Waals surface area contributed by atoms with Crippen molar-refractivity contribution in [2.45, 2.75) is 31.6 Å². The van der Waals surface area contributed by atoms with Gasteiger partial charge in [-0.3, -0.25) is 4.79 Å². The van der Waals surface area contributed by atoms with Crippen LogP contribution in [0.5, 0.6) is 5.75 Å². The molecule has 0 fully saturated rings. The molecule has 2 aromatic rings. The van der Waals surface area contributed by atoms with Crippen LogP contribution in [0.2, 0.25) is 5.02 Å². The highest BCUT2D eigenvalue weighted by atomic mass is 35.5. The molecule has 4 N–H and O–H groups in total. The fraction of sp³-hybridized carbons (Fsp3) is 0.318. The molecule has 0 unspecified atom stereocenters. The van der Waals surface area contributed by atoms with Gasteiger partial charge in [-0.05, 0) is 23.3 Å². The number of nitrogens with one attached hydrogen (secondary N) is 2. The fourth-order valence-corrected chi connectivity index (χ4v) is 3.07. The lowest BCUT2D eigenvalue weighted by atomic mass is 10.1. The summed E-state index contributed by atoms with van der Waals surface area (Å²) in [6.07, 6.45) is -2.37. The van der Waals surface area contributed by atoms with Crippen molar-refractivity contribution >= 4 is 29.6 Å². The molecule has 0 saturated heterocycles. The molecule has 0 bridgehead atoms. The minimum atomic E-state index is -1.23. The van der Waals surface area contributed by atoms with Crippen molar-refractivity contribution in [1.29, 1.82) is 0 Å². The van der Waals surface area contributed by atoms with E-state index in [2.05, 4.69) is 10.6 Å². The van der Waals surface area contributed by atoms with Crippen LogP contribution in [0.25, 0.3) is 0 Å². The first kappa shape index (κ1) is 25.0. The largest absolute Gasteiger partial charge is 0.495 e. The van der Waals surface area contributed by atoms with Crippen molar-refractivity contribution in [1.82, 2.24) is 10.6 Å². The second-order valence-electron chi connectivity index (χ2n) is 6.93. The predicted molar refractivity (Wildman–Crippen MR) is 117 cm³/mol. The average Bonchev–Trinajstić information content (AvgIpc) is 2.76. The zero-order valence-electron chi connectivity index (χ0n) is 17.4. The smallest absolute Gasteiger partial charge is 0.407 e. The van der Waals surface area contributed by atoms with Crippen molar-refractivity contribution in [2.24, 2.45) is 0 Å². The number of amides is 2. The van der Waals surface area contributed by atoms with Gasteiger partial charge in [0.1, 0.15) is 18.4 Å². The highest BCUT2D eigenvalue weighted by Crippen LogP contribution is 2.25. The van der Waals surface area contributed by atoms with E-state index >= 15 is 0 Å². The molecule has 32 heavy (non-hydrogen) atoms. The Balaban J connectivity index is 1.77. The van der Waals surface area contributed by atoms with Crippen LogP contribution >= 0.6 is 11.6 Å². The summed E-state index contributed by atoms with van der Waals surface area (Å²) in [6, 6.07) is 12.6. The van der Waals surface area contributed by atoms with Crippen molar-refractivity contribution in [3.8, 4) is 5.75 Å². The van der Waals surface area contributed by atoms with Crippen LogP contribution in [0.15, 0.2) is 48.5 Å². The molecule has 2 amide bonds. The number of alkyl carbamates (subject to hydrolysis) is 1. The van der Waals surface area contributed by atoms with Gasteiger partial charge in [-0.2, -0.15) is 0 Å². The number of carboxylic acid groups (broad SMARTS) is 1. The Morgan fingerprint density at radius 3 is 2.44 bits per heavy atom. The minimum Gasteiger partial charge on any atom is -0.495 e. The standard InChI is InChI=1S/C22H25ClN2O7/c1-31-19-8-7-15(9-17(19)23)10-18(21(28)29)25-20(27)11-16(26)12-24-22(30)32-13-14-5-3-2-4-6-14/h2-9,16,18,26H,10-13H2,1H3,(H,24,30)(H,25,27)(H,28,29)/t16-,18+/m0/s1. The second-order valence-corrected chi connectivity index (χ2v) is 7.34. The number of aliphatic hydroxyl groups is 1. The van der Waals surface area contributed by atoms with E-state index in [-0.39, 0.29) is 19.6 Å². The summed E-state index contributed by atoms with van der Waals surface area (Å²) >= 11 is 6.05. The number of benzene rings is 2.